The number of hydrogen-bond donors (Lipinski definition) is 1. The fourth-order valence-corrected chi connectivity index (χ4v) is 2.75. The molecule has 2 aromatic carbocycles. The Hall–Kier alpha value is -2.70. The molecule has 1 heterocycles. The molecule has 6 heteroatoms. The van der Waals surface area contributed by atoms with Crippen molar-refractivity contribution in [2.75, 3.05) is 11.7 Å². The maximum atomic E-state index is 12.3. The van der Waals surface area contributed by atoms with Crippen LogP contribution in [-0.2, 0) is 16.2 Å². The molecule has 1 N–H and O–H groups in total. The Kier molecular flexibility index (Phi) is 5.88. The number of aliphatic hydroxyl groups excluding tert-OH is 1. The zero-order valence-corrected chi connectivity index (χ0v) is 15.5. The predicted octanol–water partition coefficient (Wildman–Crippen LogP) is 3.20. The Bertz CT molecular complexity index is 831. The first-order chi connectivity index (χ1) is 13.0. The van der Waals surface area contributed by atoms with E-state index < -0.39 is 17.8 Å². The van der Waals surface area contributed by atoms with Gasteiger partial charge in [0.1, 0.15) is 12.4 Å². The van der Waals surface area contributed by atoms with Gasteiger partial charge in [0.2, 0.25) is 0 Å². The van der Waals surface area contributed by atoms with Crippen molar-refractivity contribution in [2.24, 2.45) is 0 Å². The van der Waals surface area contributed by atoms with Gasteiger partial charge in [-0.05, 0) is 31.0 Å². The Balaban J connectivity index is 1.71. The van der Waals surface area contributed by atoms with E-state index in [0.717, 1.165) is 16.2 Å². The largest absolute Gasteiger partial charge is 0.493 e. The Morgan fingerprint density at radius 3 is 2.56 bits per heavy atom. The summed E-state index contributed by atoms with van der Waals surface area (Å²) in [5.41, 5.74) is 2.71. The lowest BCUT2D eigenvalue weighted by atomic mass is 10.1. The molecular weight excluding hydrogens is 346 g/mol. The summed E-state index contributed by atoms with van der Waals surface area (Å²) in [4.78, 5) is 30.1. The van der Waals surface area contributed by atoms with Gasteiger partial charge in [-0.2, -0.15) is 5.06 Å². The second kappa shape index (κ2) is 8.33. The van der Waals surface area contributed by atoms with Gasteiger partial charge in [0.25, 0.3) is 5.78 Å². The summed E-state index contributed by atoms with van der Waals surface area (Å²) in [5.74, 6) is -0.791. The van der Waals surface area contributed by atoms with E-state index >= 15 is 0 Å². The maximum absolute atomic E-state index is 12.3. The summed E-state index contributed by atoms with van der Waals surface area (Å²) >= 11 is 0. The number of ketones is 1. The number of anilines is 1. The van der Waals surface area contributed by atoms with E-state index in [2.05, 4.69) is 0 Å². The van der Waals surface area contributed by atoms with Crippen molar-refractivity contribution < 1.29 is 24.3 Å². The average Bonchev–Trinajstić information content (AvgIpc) is 2.91. The molecule has 0 aromatic heterocycles. The number of hydroxylamine groups is 1. The molecule has 0 saturated heterocycles. The zero-order chi connectivity index (χ0) is 19.4. The minimum atomic E-state index is -0.712. The van der Waals surface area contributed by atoms with E-state index in [1.54, 1.807) is 18.2 Å². The number of amides is 1. The lowest BCUT2D eigenvalue weighted by molar-refractivity contribution is -0.121. The molecule has 3 rings (SSSR count). The first-order valence-corrected chi connectivity index (χ1v) is 9.01. The van der Waals surface area contributed by atoms with E-state index in [9.17, 15) is 14.7 Å². The second-order valence-electron chi connectivity index (χ2n) is 6.57. The van der Waals surface area contributed by atoms with Crippen molar-refractivity contribution in [1.82, 2.24) is 0 Å². The number of aliphatic hydroxyl groups is 1. The first-order valence-electron chi connectivity index (χ1n) is 9.01. The van der Waals surface area contributed by atoms with E-state index in [1.165, 1.54) is 0 Å². The Labute approximate surface area is 158 Å². The number of rotatable bonds is 8. The number of nitrogens with zero attached hydrogens (tertiary/aromatic N) is 1. The average molecular weight is 369 g/mol. The van der Waals surface area contributed by atoms with Crippen LogP contribution in [0.25, 0.3) is 0 Å². The van der Waals surface area contributed by atoms with Gasteiger partial charge in [0.05, 0.1) is 24.0 Å². The molecule has 0 spiro atoms. The number of hydrogen-bond acceptors (Lipinski definition) is 5. The van der Waals surface area contributed by atoms with Crippen LogP contribution in [-0.4, -0.2) is 29.5 Å². The van der Waals surface area contributed by atoms with Gasteiger partial charge in [-0.25, -0.2) is 0 Å². The maximum Gasteiger partial charge on any atom is 0.323 e. The third-order valence-electron chi connectivity index (χ3n) is 4.48. The van der Waals surface area contributed by atoms with Crippen LogP contribution in [0.1, 0.15) is 41.3 Å². The van der Waals surface area contributed by atoms with Crippen LogP contribution in [0.15, 0.2) is 42.5 Å². The smallest absolute Gasteiger partial charge is 0.323 e. The highest BCUT2D eigenvalue weighted by Crippen LogP contribution is 2.33. The lowest BCUT2D eigenvalue weighted by Gasteiger charge is -2.17. The normalized spacial score (nSPS) is 14.4. The fourth-order valence-electron chi connectivity index (χ4n) is 2.75. The molecule has 1 aliphatic heterocycles. The Morgan fingerprint density at radius 1 is 1.11 bits per heavy atom. The van der Waals surface area contributed by atoms with Crippen LogP contribution in [0.3, 0.4) is 0 Å². The van der Waals surface area contributed by atoms with E-state index in [4.69, 9.17) is 9.57 Å². The van der Waals surface area contributed by atoms with Crippen LogP contribution in [0, 0.1) is 6.92 Å². The molecule has 1 unspecified atom stereocenters. The molecule has 27 heavy (non-hydrogen) atoms. The van der Waals surface area contributed by atoms with Crippen LogP contribution < -0.4 is 9.80 Å². The van der Waals surface area contributed by atoms with E-state index in [-0.39, 0.29) is 6.61 Å². The van der Waals surface area contributed by atoms with Crippen molar-refractivity contribution >= 4 is 17.4 Å². The quantitative estimate of drug-likeness (QED) is 0.723. The van der Waals surface area contributed by atoms with Gasteiger partial charge < -0.3 is 9.84 Å². The number of carbonyl (C=O) groups is 2. The van der Waals surface area contributed by atoms with Crippen molar-refractivity contribution in [3.05, 3.63) is 59.2 Å². The number of ether oxygens (including phenoxy) is 1. The minimum absolute atomic E-state index is 0.173. The van der Waals surface area contributed by atoms with Crippen LogP contribution in [0.5, 0.6) is 5.75 Å². The molecule has 1 aliphatic rings. The van der Waals surface area contributed by atoms with E-state index in [0.29, 0.717) is 36.4 Å². The summed E-state index contributed by atoms with van der Waals surface area (Å²) in [6, 6.07) is 12.6. The molecule has 0 aliphatic carbocycles. The molecule has 2 aromatic rings. The number of aryl methyl sites for hydroxylation is 1. The summed E-state index contributed by atoms with van der Waals surface area (Å²) < 4.78 is 5.63. The third-order valence-corrected chi connectivity index (χ3v) is 4.48. The van der Waals surface area contributed by atoms with Crippen LogP contribution in [0.4, 0.5) is 5.69 Å². The highest BCUT2D eigenvalue weighted by atomic mass is 16.7. The molecule has 142 valence electrons. The highest BCUT2D eigenvalue weighted by molar-refractivity contribution is 6.51. The summed E-state index contributed by atoms with van der Waals surface area (Å²) in [5, 5.41) is 10.6. The predicted molar refractivity (Wildman–Crippen MR) is 101 cm³/mol. The van der Waals surface area contributed by atoms with Crippen molar-refractivity contribution in [3.8, 4) is 5.75 Å². The number of carbonyl (C=O) groups excluding carboxylic acids is 2. The molecule has 0 radical (unpaired) electrons. The molecule has 0 fully saturated rings. The first kappa shape index (κ1) is 19.1. The molecule has 0 saturated carbocycles. The summed E-state index contributed by atoms with van der Waals surface area (Å²) in [6.45, 7) is 4.41. The number of benzene rings is 2. The minimum Gasteiger partial charge on any atom is -0.493 e. The fraction of sp³-hybridized carbons (Fsp3) is 0.333. The second-order valence-corrected chi connectivity index (χ2v) is 6.57. The zero-order valence-electron chi connectivity index (χ0n) is 15.5. The lowest BCUT2D eigenvalue weighted by Crippen LogP contribution is -2.29. The molecular formula is C21H23NO5. The number of Topliss-reactive ketones (excluding diaryl/α,β-unsaturated/α-hetero) is 1. The van der Waals surface area contributed by atoms with Crippen molar-refractivity contribution in [1.29, 1.82) is 0 Å². The van der Waals surface area contributed by atoms with Gasteiger partial charge in [-0.15, -0.1) is 0 Å². The molecule has 6 nitrogen and oxygen atoms in total. The van der Waals surface area contributed by atoms with E-state index in [1.807, 2.05) is 38.1 Å². The molecule has 1 amide bonds. The standard InChI is InChI=1S/C21H23NO5/c1-3-16(23)10-11-26-17-8-9-18-19(12-17)22(21(25)20(18)24)27-13-15-6-4-14(2)5-7-15/h4-9,12,16,23H,3,10-11,13H2,1-2H3. The highest BCUT2D eigenvalue weighted by Gasteiger charge is 2.37. The van der Waals surface area contributed by atoms with Gasteiger partial charge in [0, 0.05) is 12.5 Å². The van der Waals surface area contributed by atoms with Crippen LogP contribution >= 0.6 is 0 Å². The topological polar surface area (TPSA) is 76.1 Å². The van der Waals surface area contributed by atoms with Gasteiger partial charge >= 0.3 is 5.91 Å². The van der Waals surface area contributed by atoms with Crippen LogP contribution in [0.2, 0.25) is 0 Å². The Morgan fingerprint density at radius 2 is 1.85 bits per heavy atom. The van der Waals surface area contributed by atoms with Crippen molar-refractivity contribution in [2.45, 2.75) is 39.4 Å². The van der Waals surface area contributed by atoms with Gasteiger partial charge in [0.15, 0.2) is 0 Å². The van der Waals surface area contributed by atoms with Crippen molar-refractivity contribution in [3.63, 3.8) is 0 Å². The van der Waals surface area contributed by atoms with Gasteiger partial charge in [-0.3, -0.25) is 14.4 Å². The SMILES string of the molecule is CCC(O)CCOc1ccc2c(c1)N(OCc1ccc(C)cc1)C(=O)C2=O. The number of fused-ring (bicyclic) bond motifs is 1. The third kappa shape index (κ3) is 4.35. The monoisotopic (exact) mass is 369 g/mol. The molecule has 0 bridgehead atoms. The van der Waals surface area contributed by atoms with Gasteiger partial charge in [-0.1, -0.05) is 36.8 Å². The summed E-state index contributed by atoms with van der Waals surface area (Å²) in [6.07, 6.45) is 0.771. The summed E-state index contributed by atoms with van der Waals surface area (Å²) in [7, 11) is 0. The molecule has 1 atom stereocenters.